The molecule has 0 aliphatic heterocycles. The lowest BCUT2D eigenvalue weighted by Crippen LogP contribution is -2.10. The van der Waals surface area contributed by atoms with Crippen LogP contribution in [0.25, 0.3) is 11.0 Å². The second-order valence-corrected chi connectivity index (χ2v) is 5.96. The summed E-state index contributed by atoms with van der Waals surface area (Å²) in [5.74, 6) is -1.47. The Kier molecular flexibility index (Phi) is 4.01. The summed E-state index contributed by atoms with van der Waals surface area (Å²) in [6.07, 6.45) is 7.20. The predicted molar refractivity (Wildman–Crippen MR) is 84.7 cm³/mol. The van der Waals surface area contributed by atoms with Crippen LogP contribution in [0.5, 0.6) is 0 Å². The second kappa shape index (κ2) is 5.95. The first-order valence-corrected chi connectivity index (χ1v) is 7.96. The fourth-order valence-corrected chi connectivity index (χ4v) is 3.40. The molecule has 22 heavy (non-hydrogen) atoms. The summed E-state index contributed by atoms with van der Waals surface area (Å²) in [7, 11) is 0. The molecule has 1 heterocycles. The number of aromatic carboxylic acids is 1. The van der Waals surface area contributed by atoms with Crippen LogP contribution in [0.4, 0.5) is 0 Å². The zero-order valence-corrected chi connectivity index (χ0v) is 12.8. The van der Waals surface area contributed by atoms with Crippen molar-refractivity contribution < 1.29 is 14.3 Å². The number of carboxylic acids is 1. The molecule has 1 aliphatic carbocycles. The van der Waals surface area contributed by atoms with Gasteiger partial charge in [-0.3, -0.25) is 4.79 Å². The molecule has 1 aromatic heterocycles. The van der Waals surface area contributed by atoms with Gasteiger partial charge in [0.2, 0.25) is 5.76 Å². The molecule has 1 aliphatic rings. The molecule has 1 N–H and O–H groups in total. The van der Waals surface area contributed by atoms with Gasteiger partial charge >= 0.3 is 5.97 Å². The van der Waals surface area contributed by atoms with Crippen molar-refractivity contribution in [3.63, 3.8) is 0 Å². The van der Waals surface area contributed by atoms with Crippen LogP contribution >= 0.6 is 0 Å². The number of hydrogen-bond acceptors (Lipinski definition) is 3. The van der Waals surface area contributed by atoms with Crippen LogP contribution in [-0.2, 0) is 19.3 Å². The van der Waals surface area contributed by atoms with E-state index in [9.17, 15) is 9.59 Å². The van der Waals surface area contributed by atoms with Gasteiger partial charge < -0.3 is 9.52 Å². The van der Waals surface area contributed by atoms with E-state index < -0.39 is 5.97 Å². The maximum atomic E-state index is 12.3. The number of carboxylic acid groups (broad SMARTS) is 1. The van der Waals surface area contributed by atoms with Gasteiger partial charge in [0.15, 0.2) is 5.43 Å². The number of hydrogen-bond donors (Lipinski definition) is 1. The summed E-state index contributed by atoms with van der Waals surface area (Å²) in [6, 6.07) is 3.01. The third-order valence-electron chi connectivity index (χ3n) is 4.41. The molecule has 1 aromatic carbocycles. The molecule has 0 unspecified atom stereocenters. The van der Waals surface area contributed by atoms with Gasteiger partial charge in [0.25, 0.3) is 0 Å². The molecule has 4 heteroatoms. The van der Waals surface area contributed by atoms with Crippen molar-refractivity contribution in [1.29, 1.82) is 0 Å². The molecule has 0 fully saturated rings. The van der Waals surface area contributed by atoms with Crippen molar-refractivity contribution in [2.24, 2.45) is 0 Å². The van der Waals surface area contributed by atoms with Crippen molar-refractivity contribution in [2.45, 2.75) is 51.9 Å². The molecule has 3 rings (SSSR count). The van der Waals surface area contributed by atoms with E-state index in [1.807, 2.05) is 6.07 Å². The number of aryl methyl sites for hydroxylation is 2. The Bertz CT molecular complexity index is 786. The molecule has 0 saturated carbocycles. The second-order valence-electron chi connectivity index (χ2n) is 5.96. The first-order valence-electron chi connectivity index (χ1n) is 7.96. The standard InChI is InChI=1S/C18H20O4/c1-2-6-13-12-8-5-3-4-7-11(12)9-14-15(19)10-16(18(20)21)22-17(13)14/h9-10H,2-8H2,1H3,(H,20,21). The molecule has 2 aromatic rings. The van der Waals surface area contributed by atoms with Gasteiger partial charge in [-0.05, 0) is 54.9 Å². The van der Waals surface area contributed by atoms with E-state index in [4.69, 9.17) is 9.52 Å². The molecular formula is C18H20O4. The number of carbonyl (C=O) groups is 1. The van der Waals surface area contributed by atoms with Crippen molar-refractivity contribution >= 4 is 16.9 Å². The smallest absolute Gasteiger partial charge is 0.371 e. The van der Waals surface area contributed by atoms with Crippen LogP contribution in [-0.4, -0.2) is 11.1 Å². The Morgan fingerprint density at radius 3 is 2.73 bits per heavy atom. The third-order valence-corrected chi connectivity index (χ3v) is 4.41. The van der Waals surface area contributed by atoms with Crippen molar-refractivity contribution in [3.05, 3.63) is 44.8 Å². The van der Waals surface area contributed by atoms with Crippen LogP contribution < -0.4 is 5.43 Å². The van der Waals surface area contributed by atoms with E-state index in [1.54, 1.807) is 0 Å². The summed E-state index contributed by atoms with van der Waals surface area (Å²) in [5, 5.41) is 9.66. The summed E-state index contributed by atoms with van der Waals surface area (Å²) in [4.78, 5) is 23.5. The Morgan fingerprint density at radius 1 is 1.23 bits per heavy atom. The van der Waals surface area contributed by atoms with Crippen LogP contribution in [0, 0.1) is 0 Å². The monoisotopic (exact) mass is 300 g/mol. The van der Waals surface area contributed by atoms with E-state index >= 15 is 0 Å². The lowest BCUT2D eigenvalue weighted by molar-refractivity contribution is 0.0663. The Hall–Kier alpha value is -2.10. The summed E-state index contributed by atoms with van der Waals surface area (Å²) in [6.45, 7) is 2.08. The van der Waals surface area contributed by atoms with E-state index in [0.29, 0.717) is 11.0 Å². The van der Waals surface area contributed by atoms with E-state index in [1.165, 1.54) is 17.5 Å². The van der Waals surface area contributed by atoms with Crippen molar-refractivity contribution in [1.82, 2.24) is 0 Å². The molecule has 0 amide bonds. The Labute approximate surface area is 128 Å². The van der Waals surface area contributed by atoms with E-state index in [2.05, 4.69) is 6.92 Å². The highest BCUT2D eigenvalue weighted by Crippen LogP contribution is 2.31. The highest BCUT2D eigenvalue weighted by Gasteiger charge is 2.20. The molecule has 4 nitrogen and oxygen atoms in total. The van der Waals surface area contributed by atoms with E-state index in [-0.39, 0.29) is 11.2 Å². The largest absolute Gasteiger partial charge is 0.475 e. The zero-order chi connectivity index (χ0) is 15.7. The molecular weight excluding hydrogens is 280 g/mol. The molecule has 0 saturated heterocycles. The van der Waals surface area contributed by atoms with Gasteiger partial charge in [-0.15, -0.1) is 0 Å². The molecule has 0 bridgehead atoms. The third kappa shape index (κ3) is 2.54. The Balaban J connectivity index is 2.36. The maximum Gasteiger partial charge on any atom is 0.371 e. The fraction of sp³-hybridized carbons (Fsp3) is 0.444. The SMILES string of the molecule is CCCc1c2c(cc3c(=O)cc(C(=O)O)oc13)CCCCC2. The maximum absolute atomic E-state index is 12.3. The van der Waals surface area contributed by atoms with Crippen LogP contribution in [0.1, 0.15) is 59.9 Å². The fourth-order valence-electron chi connectivity index (χ4n) is 3.40. The lowest BCUT2D eigenvalue weighted by Gasteiger charge is -2.15. The number of benzene rings is 1. The molecule has 116 valence electrons. The van der Waals surface area contributed by atoms with Crippen LogP contribution in [0.3, 0.4) is 0 Å². The van der Waals surface area contributed by atoms with Gasteiger partial charge in [-0.1, -0.05) is 19.8 Å². The highest BCUT2D eigenvalue weighted by molar-refractivity contribution is 5.89. The minimum Gasteiger partial charge on any atom is -0.475 e. The summed E-state index contributed by atoms with van der Waals surface area (Å²) >= 11 is 0. The minimum absolute atomic E-state index is 0.261. The van der Waals surface area contributed by atoms with Gasteiger partial charge in [0.1, 0.15) is 5.58 Å². The normalized spacial score (nSPS) is 14.6. The first-order chi connectivity index (χ1) is 10.6. The number of fused-ring (bicyclic) bond motifs is 2. The van der Waals surface area contributed by atoms with E-state index in [0.717, 1.165) is 50.2 Å². The molecule has 0 atom stereocenters. The summed E-state index contributed by atoms with van der Waals surface area (Å²) in [5.41, 5.74) is 3.77. The van der Waals surface area contributed by atoms with Gasteiger partial charge in [0.05, 0.1) is 5.39 Å². The van der Waals surface area contributed by atoms with Crippen LogP contribution in [0.2, 0.25) is 0 Å². The quantitative estimate of drug-likeness (QED) is 0.877. The topological polar surface area (TPSA) is 67.5 Å². The lowest BCUT2D eigenvalue weighted by atomic mass is 9.92. The number of rotatable bonds is 3. The van der Waals surface area contributed by atoms with Gasteiger partial charge in [0, 0.05) is 6.07 Å². The Morgan fingerprint density at radius 2 is 2.00 bits per heavy atom. The minimum atomic E-state index is -1.20. The predicted octanol–water partition coefficient (Wildman–Crippen LogP) is 3.71. The highest BCUT2D eigenvalue weighted by atomic mass is 16.4. The van der Waals surface area contributed by atoms with Crippen molar-refractivity contribution in [3.8, 4) is 0 Å². The van der Waals surface area contributed by atoms with Crippen LogP contribution in [0.15, 0.2) is 21.3 Å². The molecule has 0 spiro atoms. The van der Waals surface area contributed by atoms with Crippen molar-refractivity contribution in [2.75, 3.05) is 0 Å². The summed E-state index contributed by atoms with van der Waals surface area (Å²) < 4.78 is 5.60. The zero-order valence-electron chi connectivity index (χ0n) is 12.8. The van der Waals surface area contributed by atoms with Gasteiger partial charge in [-0.2, -0.15) is 0 Å². The van der Waals surface area contributed by atoms with Gasteiger partial charge in [-0.25, -0.2) is 4.79 Å². The first kappa shape index (κ1) is 14.8. The average molecular weight is 300 g/mol. The molecule has 0 radical (unpaired) electrons. The average Bonchev–Trinajstić information content (AvgIpc) is 2.73.